The second kappa shape index (κ2) is 9.48. The Morgan fingerprint density at radius 2 is 1.56 bits per heavy atom. The van der Waals surface area contributed by atoms with Gasteiger partial charge in [0.2, 0.25) is 5.91 Å². The predicted octanol–water partition coefficient (Wildman–Crippen LogP) is 5.41. The van der Waals surface area contributed by atoms with Gasteiger partial charge in [0.1, 0.15) is 0 Å². The minimum Gasteiger partial charge on any atom is -0.478 e. The number of rotatable bonds is 7. The number of carbonyl (C=O) groups is 2. The number of carbonyl (C=O) groups excluding carboxylic acids is 1. The first-order valence-corrected chi connectivity index (χ1v) is 10.7. The summed E-state index contributed by atoms with van der Waals surface area (Å²) in [7, 11) is 0. The van der Waals surface area contributed by atoms with E-state index in [1.54, 1.807) is 12.1 Å². The minimum atomic E-state index is -1.00. The van der Waals surface area contributed by atoms with Gasteiger partial charge in [-0.2, -0.15) is 0 Å². The van der Waals surface area contributed by atoms with Crippen molar-refractivity contribution in [2.45, 2.75) is 19.8 Å². The maximum atomic E-state index is 12.7. The third-order valence-corrected chi connectivity index (χ3v) is 5.74. The van der Waals surface area contributed by atoms with Crippen LogP contribution in [0.5, 0.6) is 0 Å². The molecule has 4 nitrogen and oxygen atoms in total. The fourth-order valence-corrected chi connectivity index (χ4v) is 4.07. The van der Waals surface area contributed by atoms with Gasteiger partial charge >= 0.3 is 5.97 Å². The van der Waals surface area contributed by atoms with Crippen molar-refractivity contribution in [3.63, 3.8) is 0 Å². The first kappa shape index (κ1) is 21.3. The lowest BCUT2D eigenvalue weighted by Gasteiger charge is -2.13. The minimum absolute atomic E-state index is 0.118. The van der Waals surface area contributed by atoms with Crippen molar-refractivity contribution in [3.8, 4) is 11.1 Å². The van der Waals surface area contributed by atoms with Crippen molar-refractivity contribution in [3.05, 3.63) is 107 Å². The van der Waals surface area contributed by atoms with Crippen molar-refractivity contribution in [2.24, 2.45) is 0 Å². The lowest BCUT2D eigenvalue weighted by atomic mass is 9.92. The lowest BCUT2D eigenvalue weighted by Crippen LogP contribution is -2.27. The molecule has 0 saturated carbocycles. The van der Waals surface area contributed by atoms with Gasteiger partial charge < -0.3 is 10.4 Å². The number of aryl methyl sites for hydroxylation is 1. The molecule has 0 bridgehead atoms. The van der Waals surface area contributed by atoms with Crippen LogP contribution in [0.4, 0.5) is 0 Å². The number of amides is 1. The summed E-state index contributed by atoms with van der Waals surface area (Å²) < 4.78 is 0. The Balaban J connectivity index is 1.61. The quantitative estimate of drug-likeness (QED) is 0.417. The van der Waals surface area contributed by atoms with Gasteiger partial charge in [0.05, 0.1) is 12.0 Å². The van der Waals surface area contributed by atoms with Crippen LogP contribution in [0.15, 0.2) is 84.9 Å². The Morgan fingerprint density at radius 1 is 0.812 bits per heavy atom. The molecule has 0 saturated heterocycles. The molecule has 0 fully saturated rings. The van der Waals surface area contributed by atoms with Crippen LogP contribution >= 0.6 is 0 Å². The Morgan fingerprint density at radius 3 is 2.31 bits per heavy atom. The van der Waals surface area contributed by atoms with Gasteiger partial charge in [0.15, 0.2) is 0 Å². The van der Waals surface area contributed by atoms with E-state index in [-0.39, 0.29) is 17.9 Å². The number of nitrogens with one attached hydrogen (secondary N) is 1. The van der Waals surface area contributed by atoms with E-state index in [4.69, 9.17) is 0 Å². The number of carboxylic acids is 1. The van der Waals surface area contributed by atoms with Crippen LogP contribution in [-0.2, 0) is 17.6 Å². The van der Waals surface area contributed by atoms with E-state index in [1.807, 2.05) is 60.7 Å². The molecule has 0 atom stereocenters. The Hall–Kier alpha value is -3.92. The predicted molar refractivity (Wildman–Crippen MR) is 128 cm³/mol. The number of hydrogen-bond acceptors (Lipinski definition) is 2. The van der Waals surface area contributed by atoms with Crippen LogP contribution in [0.3, 0.4) is 0 Å². The average molecular weight is 424 g/mol. The largest absolute Gasteiger partial charge is 0.478 e. The van der Waals surface area contributed by atoms with E-state index in [0.717, 1.165) is 28.3 Å². The van der Waals surface area contributed by atoms with Crippen molar-refractivity contribution in [1.29, 1.82) is 0 Å². The van der Waals surface area contributed by atoms with E-state index < -0.39 is 5.97 Å². The molecule has 0 aromatic heterocycles. The lowest BCUT2D eigenvalue weighted by molar-refractivity contribution is -0.120. The van der Waals surface area contributed by atoms with Crippen LogP contribution in [-0.4, -0.2) is 23.5 Å². The summed E-state index contributed by atoms with van der Waals surface area (Å²) in [4.78, 5) is 24.5. The normalized spacial score (nSPS) is 10.8. The number of benzene rings is 4. The van der Waals surface area contributed by atoms with Crippen LogP contribution < -0.4 is 5.32 Å². The molecule has 0 aliphatic heterocycles. The third-order valence-electron chi connectivity index (χ3n) is 5.74. The van der Waals surface area contributed by atoms with E-state index in [9.17, 15) is 14.7 Å². The molecule has 0 heterocycles. The standard InChI is InChI=1S/C28H25NO3/c1-19-8-5-6-9-20(19)14-15-29-27(30)18-22-16-23(28(31)32)17-26-24(12-7-13-25(22)26)21-10-3-2-4-11-21/h2-13,16-17H,14-15,18H2,1H3,(H,29,30)(H,31,32). The van der Waals surface area contributed by atoms with E-state index in [1.165, 1.54) is 11.1 Å². The summed E-state index contributed by atoms with van der Waals surface area (Å²) in [6, 6.07) is 27.2. The number of fused-ring (bicyclic) bond motifs is 1. The van der Waals surface area contributed by atoms with E-state index in [2.05, 4.69) is 24.4 Å². The van der Waals surface area contributed by atoms with Crippen molar-refractivity contribution in [2.75, 3.05) is 6.54 Å². The summed E-state index contributed by atoms with van der Waals surface area (Å²) in [5, 5.41) is 14.4. The number of carboxylic acid groups (broad SMARTS) is 1. The summed E-state index contributed by atoms with van der Waals surface area (Å²) >= 11 is 0. The molecule has 0 unspecified atom stereocenters. The van der Waals surface area contributed by atoms with Gasteiger partial charge in [0.25, 0.3) is 0 Å². The first-order valence-electron chi connectivity index (χ1n) is 10.7. The molecular formula is C28H25NO3. The van der Waals surface area contributed by atoms with Crippen molar-refractivity contribution in [1.82, 2.24) is 5.32 Å². The smallest absolute Gasteiger partial charge is 0.335 e. The van der Waals surface area contributed by atoms with Gasteiger partial charge in [-0.1, -0.05) is 72.8 Å². The topological polar surface area (TPSA) is 66.4 Å². The van der Waals surface area contributed by atoms with Crippen molar-refractivity contribution < 1.29 is 14.7 Å². The Labute approximate surface area is 187 Å². The molecule has 2 N–H and O–H groups in total. The number of aromatic carboxylic acids is 1. The van der Waals surface area contributed by atoms with E-state index >= 15 is 0 Å². The highest BCUT2D eigenvalue weighted by Gasteiger charge is 2.15. The highest BCUT2D eigenvalue weighted by Crippen LogP contribution is 2.32. The Kier molecular flexibility index (Phi) is 6.31. The van der Waals surface area contributed by atoms with Crippen LogP contribution in [0.25, 0.3) is 21.9 Å². The van der Waals surface area contributed by atoms with Crippen LogP contribution in [0.2, 0.25) is 0 Å². The second-order valence-corrected chi connectivity index (χ2v) is 7.91. The fourth-order valence-electron chi connectivity index (χ4n) is 4.07. The van der Waals surface area contributed by atoms with E-state index in [0.29, 0.717) is 12.1 Å². The molecule has 4 aromatic rings. The zero-order chi connectivity index (χ0) is 22.5. The number of hydrogen-bond donors (Lipinski definition) is 2. The molecule has 160 valence electrons. The average Bonchev–Trinajstić information content (AvgIpc) is 2.80. The fraction of sp³-hybridized carbons (Fsp3) is 0.143. The monoisotopic (exact) mass is 423 g/mol. The maximum Gasteiger partial charge on any atom is 0.335 e. The molecule has 32 heavy (non-hydrogen) atoms. The Bertz CT molecular complexity index is 1280. The first-order chi connectivity index (χ1) is 15.5. The van der Waals surface area contributed by atoms with Crippen LogP contribution in [0.1, 0.15) is 27.0 Å². The molecule has 0 radical (unpaired) electrons. The van der Waals surface area contributed by atoms with Crippen LogP contribution in [0, 0.1) is 6.92 Å². The third kappa shape index (κ3) is 4.70. The van der Waals surface area contributed by atoms with Gasteiger partial charge in [0, 0.05) is 6.54 Å². The zero-order valence-electron chi connectivity index (χ0n) is 18.0. The van der Waals surface area contributed by atoms with Gasteiger partial charge in [-0.25, -0.2) is 4.79 Å². The summed E-state index contributed by atoms with van der Waals surface area (Å²) in [5.41, 5.74) is 5.27. The molecule has 0 aliphatic rings. The SMILES string of the molecule is Cc1ccccc1CCNC(=O)Cc1cc(C(=O)O)cc2c(-c3ccccc3)cccc12. The summed E-state index contributed by atoms with van der Waals surface area (Å²) in [6.45, 7) is 2.60. The molecule has 4 rings (SSSR count). The molecule has 4 heteroatoms. The van der Waals surface area contributed by atoms with Gasteiger partial charge in [-0.3, -0.25) is 4.79 Å². The zero-order valence-corrected chi connectivity index (χ0v) is 18.0. The second-order valence-electron chi connectivity index (χ2n) is 7.91. The highest BCUT2D eigenvalue weighted by molar-refractivity contribution is 6.04. The summed E-state index contributed by atoms with van der Waals surface area (Å²) in [5.74, 6) is -1.12. The van der Waals surface area contributed by atoms with Gasteiger partial charge in [-0.05, 0) is 64.1 Å². The van der Waals surface area contributed by atoms with Gasteiger partial charge in [-0.15, -0.1) is 0 Å². The maximum absolute atomic E-state index is 12.7. The molecule has 4 aromatic carbocycles. The molecule has 0 aliphatic carbocycles. The molecular weight excluding hydrogens is 398 g/mol. The van der Waals surface area contributed by atoms with Crippen molar-refractivity contribution >= 4 is 22.6 Å². The molecule has 0 spiro atoms. The highest BCUT2D eigenvalue weighted by atomic mass is 16.4. The summed E-state index contributed by atoms with van der Waals surface area (Å²) in [6.07, 6.45) is 0.885. The molecule has 1 amide bonds.